The van der Waals surface area contributed by atoms with E-state index in [9.17, 15) is 19.8 Å². The number of halogens is 3. The first-order valence-corrected chi connectivity index (χ1v) is 50.2. The number of phenols is 2. The van der Waals surface area contributed by atoms with Gasteiger partial charge in [0.15, 0.2) is 0 Å². The number of carboxylic acids is 2. The first-order chi connectivity index (χ1) is 68.0. The van der Waals surface area contributed by atoms with E-state index in [1.54, 1.807) is 130 Å². The van der Waals surface area contributed by atoms with E-state index in [0.29, 0.717) is 23.3 Å². The Hall–Kier alpha value is -14.5. The number of carboxylic acid groups (broad SMARTS) is 2. The maximum atomic E-state index is 10.3. The number of aromatic hydroxyl groups is 2. The van der Waals surface area contributed by atoms with Crippen molar-refractivity contribution in [2.45, 2.75) is 0 Å². The number of hydrogen-bond donors (Lipinski definition) is 4. The van der Waals surface area contributed by atoms with Crippen molar-refractivity contribution < 1.29 is 127 Å². The van der Waals surface area contributed by atoms with Crippen LogP contribution in [-0.2, 0) is 96.5 Å². The van der Waals surface area contributed by atoms with Gasteiger partial charge in [-0.3, -0.25) is 39.9 Å². The second-order valence-electron chi connectivity index (χ2n) is 28.3. The van der Waals surface area contributed by atoms with Crippen LogP contribution in [0.15, 0.2) is 442 Å². The number of para-hydroxylation sites is 2. The number of nitrogens with zero attached hydrogens (tertiary/aromatic N) is 16. The number of rotatable bonds is 14. The minimum absolute atomic E-state index is 0. The number of aromatic carboxylic acids is 2. The van der Waals surface area contributed by atoms with Crippen LogP contribution in [0.2, 0.25) is 0 Å². The van der Waals surface area contributed by atoms with E-state index in [-0.39, 0.29) is 63.1 Å². The molecule has 7 aromatic carbocycles. The average Bonchev–Trinajstić information content (AvgIpc) is 1.67. The standard InChI is InChI=1S/C20H14N3.C18H12N5.C17H11N.2C16H12N2O.C16H11N2.C7H5NO4.3ClH.2Ir.3Pt/c1-2-10-18-17(9-1)19(13-15-7-3-5-11-21-15)23-20(18)14-16-8-4-6-12-22-16;1-2-8-14-13(7-1)17(21-15-9-3-5-11-19-15)23-18(14)22-16-10-4-6-12-20-16;1-3-8-14(9-4-1)16-12-7-13-17(18-16)15-10-5-2-6-11-15;2*19-16-10-2-1-6-12(16)13-8-5-9-15(18-13)14-7-3-4-11-17-14;1-3-10-17-15(8-1)13-6-5-7-14(12-13)16-9-2-4-11-18-16;9-6(10)4-2-1-3-5(8-4)7(11)12;;;;;;;;/h1-14H;1-12H;1-8,10,12-13H;2*1-11,19H;1-11H;1-3H,(H,9,10)(H,11,12);3*1H;;;;;/q2*-1;-2;;;-1;;;;;;;+1;2*+2/p-3. The Morgan fingerprint density at radius 2 is 0.600 bits per heavy atom. The fraction of sp³-hybridized carbons (Fsp3) is 0. The van der Waals surface area contributed by atoms with Crippen molar-refractivity contribution >= 4 is 86.4 Å². The fourth-order valence-corrected chi connectivity index (χ4v) is 13.1. The summed E-state index contributed by atoms with van der Waals surface area (Å²) in [6.07, 6.45) is 18.1. The molecular formula is C110H77Cl3Ir2N16O6Pt3-3. The zero-order chi connectivity index (χ0) is 96.7. The van der Waals surface area contributed by atoms with Crippen LogP contribution in [0.4, 0.5) is 11.6 Å². The smallest absolute Gasteiger partial charge is 0.0837 e. The topological polar surface area (TPSA) is 323 Å². The van der Waals surface area contributed by atoms with E-state index in [1.807, 2.05) is 340 Å². The minimum Gasteiger partial charge on any atom is -0.357 e. The number of amidine groups is 2. The number of aliphatic imine (C=N–C) groups is 2. The number of benzene rings is 7. The molecule has 0 saturated heterocycles. The van der Waals surface area contributed by atoms with Gasteiger partial charge in [-0.25, -0.2) is 24.5 Å². The Morgan fingerprint density at radius 3 is 0.950 bits per heavy atom. The molecule has 140 heavy (non-hydrogen) atoms. The molecule has 13 aromatic heterocycles. The van der Waals surface area contributed by atoms with Crippen LogP contribution in [0, 0.1) is 18.2 Å². The number of phenolic OH excluding ortho intramolecular Hbond substituents is 2. The van der Waals surface area contributed by atoms with Crippen LogP contribution >= 0.6 is 28.3 Å². The fourth-order valence-electron chi connectivity index (χ4n) is 13.1. The third-order valence-electron chi connectivity index (χ3n) is 19.3. The summed E-state index contributed by atoms with van der Waals surface area (Å²) in [5.41, 5.74) is 17.0. The molecule has 0 saturated carbocycles. The van der Waals surface area contributed by atoms with Crippen LogP contribution in [0.3, 0.4) is 0 Å². The van der Waals surface area contributed by atoms with Gasteiger partial charge in [-0.2, -0.15) is 0 Å². The van der Waals surface area contributed by atoms with Crippen molar-refractivity contribution in [1.82, 2.24) is 64.8 Å². The molecule has 22 nitrogen and oxygen atoms in total. The second kappa shape index (κ2) is 59.0. The molecule has 30 heteroatoms. The van der Waals surface area contributed by atoms with Gasteiger partial charge in [0, 0.05) is 124 Å². The third kappa shape index (κ3) is 32.3. The Balaban J connectivity index is 0.000000167. The van der Waals surface area contributed by atoms with E-state index < -0.39 is 11.9 Å². The van der Waals surface area contributed by atoms with Gasteiger partial charge in [0.1, 0.15) is 22.9 Å². The average molecular weight is 2790 g/mol. The summed E-state index contributed by atoms with van der Waals surface area (Å²) in [6, 6.07) is 129. The van der Waals surface area contributed by atoms with Crippen molar-refractivity contribution in [3.05, 3.63) is 500 Å². The van der Waals surface area contributed by atoms with Gasteiger partial charge in [0.05, 0.1) is 57.2 Å². The van der Waals surface area contributed by atoms with Gasteiger partial charge in [0.25, 0.3) is 0 Å². The molecule has 1 aliphatic heterocycles. The number of aromatic nitrogens is 13. The van der Waals surface area contributed by atoms with E-state index in [2.05, 4.69) is 134 Å². The molecule has 20 aromatic rings. The van der Waals surface area contributed by atoms with Crippen LogP contribution in [0.5, 0.6) is 11.5 Å². The Kier molecular flexibility index (Phi) is 45.3. The van der Waals surface area contributed by atoms with E-state index in [1.165, 1.54) is 18.2 Å². The van der Waals surface area contributed by atoms with Crippen molar-refractivity contribution in [1.29, 1.82) is 0 Å². The van der Waals surface area contributed by atoms with Gasteiger partial charge in [-0.1, -0.05) is 193 Å². The molecule has 4 N–H and O–H groups in total. The van der Waals surface area contributed by atoms with Crippen LogP contribution in [-0.4, -0.2) is 104 Å². The summed E-state index contributed by atoms with van der Waals surface area (Å²) in [5, 5.41) is 45.3. The molecule has 0 amide bonds. The molecule has 2 radical (unpaired) electrons. The largest absolute Gasteiger partial charge is 0.357 e. The molecule has 0 aliphatic carbocycles. The molecule has 0 atom stereocenters. The van der Waals surface area contributed by atoms with Crippen molar-refractivity contribution in [3.8, 4) is 102 Å². The van der Waals surface area contributed by atoms with E-state index in [4.69, 9.17) is 15.2 Å². The molecule has 705 valence electrons. The molecule has 0 bridgehead atoms. The first kappa shape index (κ1) is 108. The number of carbonyl (C=O) groups is 2. The van der Waals surface area contributed by atoms with Crippen molar-refractivity contribution in [2.75, 3.05) is 0 Å². The summed E-state index contributed by atoms with van der Waals surface area (Å²) in [4.78, 5) is 86.0. The van der Waals surface area contributed by atoms with Crippen LogP contribution in [0.25, 0.3) is 119 Å². The first-order valence-electron chi connectivity index (χ1n) is 41.7. The Bertz CT molecular complexity index is 6890. The van der Waals surface area contributed by atoms with Gasteiger partial charge < -0.3 is 45.7 Å². The molecule has 0 unspecified atom stereocenters. The maximum absolute atomic E-state index is 10.3. The number of pyridine rings is 12. The summed E-state index contributed by atoms with van der Waals surface area (Å²) >= 11 is 4.83. The second-order valence-corrected chi connectivity index (χ2v) is 28.3. The maximum Gasteiger partial charge on any atom is 0.0837 e. The third-order valence-corrected chi connectivity index (χ3v) is 19.3. The van der Waals surface area contributed by atoms with Crippen LogP contribution in [0.1, 0.15) is 43.5 Å². The Morgan fingerprint density at radius 1 is 0.300 bits per heavy atom. The minimum atomic E-state index is -1.24. The molecule has 0 fully saturated rings. The predicted octanol–water partition coefficient (Wildman–Crippen LogP) is 23.5. The summed E-state index contributed by atoms with van der Waals surface area (Å²) in [5.74, 6) is 0.473. The quantitative estimate of drug-likeness (QED) is 0.0735. The molecule has 0 spiro atoms. The predicted molar refractivity (Wildman–Crippen MR) is 532 cm³/mol. The van der Waals surface area contributed by atoms with Gasteiger partial charge in [-0.05, 0) is 179 Å². The van der Waals surface area contributed by atoms with Gasteiger partial charge in [0.2, 0.25) is 0 Å². The summed E-state index contributed by atoms with van der Waals surface area (Å²) < 4.78 is 0. The van der Waals surface area contributed by atoms with Crippen molar-refractivity contribution in [2.24, 2.45) is 9.98 Å². The molecular weight excluding hydrogens is 2720 g/mol. The molecule has 14 heterocycles. The number of hydrogen-bond acceptors (Lipinski definition) is 18. The summed E-state index contributed by atoms with van der Waals surface area (Å²) in [7, 11) is 13.8. The molecule has 21 rings (SSSR count). The van der Waals surface area contributed by atoms with Crippen LogP contribution < -0.4 is 15.7 Å². The van der Waals surface area contributed by atoms with Crippen molar-refractivity contribution in [3.63, 3.8) is 0 Å². The monoisotopic (exact) mass is 2790 g/mol. The zero-order valence-corrected chi connectivity index (χ0v) is 87.0. The molecule has 1 aliphatic rings. The van der Waals surface area contributed by atoms with E-state index in [0.717, 1.165) is 134 Å². The zero-order valence-electron chi connectivity index (χ0n) is 73.2. The summed E-state index contributed by atoms with van der Waals surface area (Å²) in [6.45, 7) is 0. The van der Waals surface area contributed by atoms with E-state index >= 15 is 0 Å². The van der Waals surface area contributed by atoms with Gasteiger partial charge in [-0.15, -0.1) is 107 Å². The Labute approximate surface area is 880 Å². The van der Waals surface area contributed by atoms with Gasteiger partial charge >= 0.3 is 96.5 Å². The number of fused-ring (bicyclic) bond motifs is 2. The SMILES string of the molecule is C(c1ccccn1)=c1[n-]c(=Cc2ccccn2)c2ccccc12.O=C(O)c1cccc(C(=O)O)n1.Oc1ccccc1-c1cccc(-c2ccccn2)n1.Oc1ccccc1-c1cccc(-c2ccccn2)n1.[Cl][Pt+].[Cl][Pt+].[Cl][Pt].[Ir].[Ir].[c-]1c(-c2ccccn2)cccc1-c1ccccn1.[c-]1ccccc1-c1cccc(-c2[c-]cccc2)n1.c1ccc(N=C2[N-]C(=Nc3ccccn3)c3ccccc32)nc1. The normalized spacial score (nSPS) is 11.2.